The van der Waals surface area contributed by atoms with E-state index in [0.29, 0.717) is 11.5 Å². The molecule has 29 heavy (non-hydrogen) atoms. The molecule has 0 bridgehead atoms. The molecule has 0 radical (unpaired) electrons. The van der Waals surface area contributed by atoms with Crippen molar-refractivity contribution < 1.29 is 23.4 Å². The van der Waals surface area contributed by atoms with E-state index in [1.54, 1.807) is 0 Å². The first-order chi connectivity index (χ1) is 13.9. The van der Waals surface area contributed by atoms with Crippen molar-refractivity contribution in [3.63, 3.8) is 0 Å². The summed E-state index contributed by atoms with van der Waals surface area (Å²) >= 11 is 0. The molecule has 0 atom stereocenters. The first-order valence-electron chi connectivity index (χ1n) is 10.6. The molecule has 2 aliphatic carbocycles. The summed E-state index contributed by atoms with van der Waals surface area (Å²) in [5.74, 6) is -0.774. The first-order valence-corrected chi connectivity index (χ1v) is 10.6. The molecule has 1 aromatic carbocycles. The second-order valence-electron chi connectivity index (χ2n) is 8.20. The maximum Gasteiger partial charge on any atom is 0.346 e. The SMILES string of the molecule is CCCCC1CCC(c2ccccc2C2(OC(F)F)C=CC(C(=O)O)C=C2)CC1. The van der Waals surface area contributed by atoms with E-state index in [1.165, 1.54) is 43.6 Å². The lowest BCUT2D eigenvalue weighted by molar-refractivity contribution is -0.180. The minimum absolute atomic E-state index is 0.307. The Morgan fingerprint density at radius 2 is 1.83 bits per heavy atom. The summed E-state index contributed by atoms with van der Waals surface area (Å²) in [5, 5.41) is 9.21. The van der Waals surface area contributed by atoms with Crippen molar-refractivity contribution in [1.29, 1.82) is 0 Å². The minimum atomic E-state index is -2.97. The molecule has 1 fully saturated rings. The fourth-order valence-electron chi connectivity index (χ4n) is 4.71. The summed E-state index contributed by atoms with van der Waals surface area (Å²) in [7, 11) is 0. The number of hydrogen-bond acceptors (Lipinski definition) is 2. The van der Waals surface area contributed by atoms with Crippen LogP contribution >= 0.6 is 0 Å². The fourth-order valence-corrected chi connectivity index (χ4v) is 4.71. The Kier molecular flexibility index (Phi) is 7.23. The number of aliphatic carboxylic acids is 1. The Labute approximate surface area is 171 Å². The molecule has 3 rings (SSSR count). The zero-order valence-electron chi connectivity index (χ0n) is 16.9. The van der Waals surface area contributed by atoms with Crippen LogP contribution in [0, 0.1) is 11.8 Å². The number of ether oxygens (including phenoxy) is 1. The highest BCUT2D eigenvalue weighted by Gasteiger charge is 2.38. The molecule has 0 heterocycles. The molecule has 2 aliphatic rings. The van der Waals surface area contributed by atoms with E-state index < -0.39 is 24.1 Å². The van der Waals surface area contributed by atoms with Gasteiger partial charge in [0.15, 0.2) is 0 Å². The number of hydrogen-bond donors (Lipinski definition) is 1. The van der Waals surface area contributed by atoms with E-state index in [1.807, 2.05) is 24.3 Å². The predicted molar refractivity (Wildman–Crippen MR) is 109 cm³/mol. The second-order valence-corrected chi connectivity index (χ2v) is 8.20. The second kappa shape index (κ2) is 9.66. The van der Waals surface area contributed by atoms with Crippen molar-refractivity contribution in [3.8, 4) is 0 Å². The van der Waals surface area contributed by atoms with Gasteiger partial charge in [-0.1, -0.05) is 62.6 Å². The molecule has 0 aliphatic heterocycles. The van der Waals surface area contributed by atoms with Crippen LogP contribution in [-0.2, 0) is 15.1 Å². The fraction of sp³-hybridized carbons (Fsp3) is 0.542. The number of alkyl halides is 2. The van der Waals surface area contributed by atoms with Gasteiger partial charge in [0.25, 0.3) is 0 Å². The Bertz CT molecular complexity index is 734. The van der Waals surface area contributed by atoms with E-state index in [0.717, 1.165) is 37.2 Å². The Morgan fingerprint density at radius 3 is 2.41 bits per heavy atom. The summed E-state index contributed by atoms with van der Waals surface area (Å²) in [4.78, 5) is 11.3. The van der Waals surface area contributed by atoms with E-state index in [9.17, 15) is 18.7 Å². The quantitative estimate of drug-likeness (QED) is 0.509. The maximum absolute atomic E-state index is 13.3. The number of halogens is 2. The molecule has 0 aromatic heterocycles. The number of carboxylic acids is 1. The van der Waals surface area contributed by atoms with Gasteiger partial charge in [-0.25, -0.2) is 0 Å². The molecule has 1 N–H and O–H groups in total. The smallest absolute Gasteiger partial charge is 0.346 e. The third-order valence-corrected chi connectivity index (χ3v) is 6.31. The summed E-state index contributed by atoms with van der Waals surface area (Å²) < 4.78 is 31.8. The van der Waals surface area contributed by atoms with Crippen LogP contribution in [0.3, 0.4) is 0 Å². The lowest BCUT2D eigenvalue weighted by Gasteiger charge is -2.36. The van der Waals surface area contributed by atoms with Gasteiger partial charge in [-0.15, -0.1) is 0 Å². The predicted octanol–water partition coefficient (Wildman–Crippen LogP) is 6.41. The van der Waals surface area contributed by atoms with Crippen LogP contribution in [-0.4, -0.2) is 17.7 Å². The molecular weight excluding hydrogens is 374 g/mol. The van der Waals surface area contributed by atoms with Crippen LogP contribution in [0.25, 0.3) is 0 Å². The van der Waals surface area contributed by atoms with Crippen LogP contribution in [0.1, 0.15) is 68.9 Å². The number of unbranched alkanes of at least 4 members (excludes halogenated alkanes) is 1. The van der Waals surface area contributed by atoms with Gasteiger partial charge in [-0.2, -0.15) is 8.78 Å². The molecule has 1 aromatic rings. The molecule has 5 heteroatoms. The van der Waals surface area contributed by atoms with E-state index in [-0.39, 0.29) is 0 Å². The zero-order valence-corrected chi connectivity index (χ0v) is 16.9. The zero-order chi connectivity index (χ0) is 20.9. The normalized spacial score (nSPS) is 29.3. The molecule has 0 unspecified atom stereocenters. The molecule has 0 amide bonds. The third-order valence-electron chi connectivity index (χ3n) is 6.31. The van der Waals surface area contributed by atoms with Gasteiger partial charge in [0.2, 0.25) is 0 Å². The number of carboxylic acid groups (broad SMARTS) is 1. The van der Waals surface area contributed by atoms with Crippen LogP contribution < -0.4 is 0 Å². The highest BCUT2D eigenvalue weighted by Crippen LogP contribution is 2.44. The van der Waals surface area contributed by atoms with Crippen molar-refractivity contribution in [2.75, 3.05) is 0 Å². The van der Waals surface area contributed by atoms with Crippen molar-refractivity contribution in [1.82, 2.24) is 0 Å². The number of benzene rings is 1. The number of rotatable bonds is 8. The van der Waals surface area contributed by atoms with Gasteiger partial charge in [0.1, 0.15) is 5.60 Å². The largest absolute Gasteiger partial charge is 0.481 e. The lowest BCUT2D eigenvalue weighted by Crippen LogP contribution is -2.32. The topological polar surface area (TPSA) is 46.5 Å². The minimum Gasteiger partial charge on any atom is -0.481 e. The summed E-state index contributed by atoms with van der Waals surface area (Å²) in [5.41, 5.74) is 0.286. The van der Waals surface area contributed by atoms with Crippen LogP contribution in [0.2, 0.25) is 0 Å². The van der Waals surface area contributed by atoms with Gasteiger partial charge in [-0.05, 0) is 60.8 Å². The van der Waals surface area contributed by atoms with Crippen LogP contribution in [0.4, 0.5) is 8.78 Å². The average molecular weight is 404 g/mol. The van der Waals surface area contributed by atoms with Gasteiger partial charge in [-0.3, -0.25) is 4.79 Å². The molecule has 158 valence electrons. The van der Waals surface area contributed by atoms with Crippen LogP contribution in [0.5, 0.6) is 0 Å². The van der Waals surface area contributed by atoms with Gasteiger partial charge in [0.05, 0.1) is 5.92 Å². The lowest BCUT2D eigenvalue weighted by atomic mass is 9.73. The Balaban J connectivity index is 1.87. The summed E-state index contributed by atoms with van der Waals surface area (Å²) in [6.07, 6.45) is 14.0. The molecule has 0 saturated heterocycles. The van der Waals surface area contributed by atoms with Crippen LogP contribution in [0.15, 0.2) is 48.6 Å². The third kappa shape index (κ3) is 5.13. The average Bonchev–Trinajstić information content (AvgIpc) is 2.72. The highest BCUT2D eigenvalue weighted by molar-refractivity contribution is 5.75. The molecule has 0 spiro atoms. The van der Waals surface area contributed by atoms with Crippen molar-refractivity contribution >= 4 is 5.97 Å². The van der Waals surface area contributed by atoms with Crippen molar-refractivity contribution in [3.05, 3.63) is 59.7 Å². The van der Waals surface area contributed by atoms with Gasteiger partial charge in [0, 0.05) is 0 Å². The molecule has 3 nitrogen and oxygen atoms in total. The maximum atomic E-state index is 13.3. The van der Waals surface area contributed by atoms with Crippen molar-refractivity contribution in [2.45, 2.75) is 70.0 Å². The summed E-state index contributed by atoms with van der Waals surface area (Å²) in [6, 6.07) is 7.60. The molecular formula is C24H30F2O3. The Morgan fingerprint density at radius 1 is 1.17 bits per heavy atom. The van der Waals surface area contributed by atoms with E-state index >= 15 is 0 Å². The molecule has 1 saturated carbocycles. The number of carbonyl (C=O) groups is 1. The van der Waals surface area contributed by atoms with E-state index in [4.69, 9.17) is 4.74 Å². The van der Waals surface area contributed by atoms with E-state index in [2.05, 4.69) is 6.92 Å². The highest BCUT2D eigenvalue weighted by atomic mass is 19.3. The Hall–Kier alpha value is -2.01. The standard InChI is InChI=1S/C24H30F2O3/c1-2-3-6-17-9-11-18(12-10-17)20-7-4-5-8-21(20)24(29-23(25)26)15-13-19(14-16-24)22(27)28/h4-5,7-8,13-19,23H,2-3,6,9-12H2,1H3,(H,27,28). The van der Waals surface area contributed by atoms with Gasteiger partial charge >= 0.3 is 12.6 Å². The summed E-state index contributed by atoms with van der Waals surface area (Å²) in [6.45, 7) is -0.756. The first kappa shape index (κ1) is 21.7. The monoisotopic (exact) mass is 404 g/mol. The van der Waals surface area contributed by atoms with Gasteiger partial charge < -0.3 is 9.84 Å². The van der Waals surface area contributed by atoms with Crippen molar-refractivity contribution in [2.24, 2.45) is 11.8 Å².